The van der Waals surface area contributed by atoms with Gasteiger partial charge in [0, 0.05) is 11.6 Å². The van der Waals surface area contributed by atoms with Gasteiger partial charge in [-0.25, -0.2) is 4.98 Å². The number of rotatable bonds is 6. The highest BCUT2D eigenvalue weighted by molar-refractivity contribution is 6.31. The number of nitrogens with zero attached hydrogens (tertiary/aromatic N) is 1. The van der Waals surface area contributed by atoms with Gasteiger partial charge in [0.15, 0.2) is 0 Å². The third kappa shape index (κ3) is 4.36. The Hall–Kier alpha value is -1.84. The van der Waals surface area contributed by atoms with Crippen LogP contribution in [0.1, 0.15) is 49.7 Å². The number of benzene rings is 2. The molecule has 3 aromatic rings. The molecule has 0 saturated heterocycles. The van der Waals surface area contributed by atoms with Crippen molar-refractivity contribution in [2.75, 3.05) is 6.54 Å². The Balaban J connectivity index is 1.40. The zero-order valence-corrected chi connectivity index (χ0v) is 16.8. The number of halogens is 1. The average molecular weight is 382 g/mol. The maximum Gasteiger partial charge on any atom is 0.0931 e. The van der Waals surface area contributed by atoms with Crippen molar-refractivity contribution in [1.29, 1.82) is 0 Å². The van der Waals surface area contributed by atoms with E-state index in [4.69, 9.17) is 11.6 Å². The Morgan fingerprint density at radius 3 is 2.81 bits per heavy atom. The summed E-state index contributed by atoms with van der Waals surface area (Å²) in [7, 11) is 0. The smallest absolute Gasteiger partial charge is 0.0931 e. The van der Waals surface area contributed by atoms with Crippen LogP contribution >= 0.6 is 11.6 Å². The van der Waals surface area contributed by atoms with Crippen LogP contribution in [0.25, 0.3) is 22.2 Å². The second-order valence-electron chi connectivity index (χ2n) is 7.86. The highest BCUT2D eigenvalue weighted by Gasteiger charge is 2.13. The number of aryl methyl sites for hydroxylation is 1. The third-order valence-electron chi connectivity index (χ3n) is 5.90. The fourth-order valence-corrected chi connectivity index (χ4v) is 4.51. The molecule has 1 aromatic heterocycles. The lowest BCUT2D eigenvalue weighted by atomic mass is 9.87. The topological polar surface area (TPSA) is 40.7 Å². The molecule has 2 N–H and O–H groups in total. The minimum Gasteiger partial charge on any atom is -0.345 e. The monoisotopic (exact) mass is 381 g/mol. The second-order valence-corrected chi connectivity index (χ2v) is 8.27. The average Bonchev–Trinajstić information content (AvgIpc) is 3.13. The highest BCUT2D eigenvalue weighted by atomic mass is 35.5. The SMILES string of the molecule is Cc1cc2[nH]cnc2cc1-c1ccc(CNCCC2CCCCC2)c(Cl)c1. The van der Waals surface area contributed by atoms with Gasteiger partial charge in [-0.15, -0.1) is 0 Å². The fraction of sp³-hybridized carbons (Fsp3) is 0.435. The Morgan fingerprint density at radius 2 is 2.00 bits per heavy atom. The molecule has 1 fully saturated rings. The fourth-order valence-electron chi connectivity index (χ4n) is 4.26. The van der Waals surface area contributed by atoms with Gasteiger partial charge in [-0.3, -0.25) is 0 Å². The summed E-state index contributed by atoms with van der Waals surface area (Å²) in [5.74, 6) is 0.920. The molecule has 3 nitrogen and oxygen atoms in total. The van der Waals surface area contributed by atoms with Gasteiger partial charge in [0.2, 0.25) is 0 Å². The van der Waals surface area contributed by atoms with Crippen LogP contribution in [0.15, 0.2) is 36.7 Å². The Bertz CT molecular complexity index is 909. The van der Waals surface area contributed by atoms with Crippen molar-refractivity contribution < 1.29 is 0 Å². The van der Waals surface area contributed by atoms with Crippen molar-refractivity contribution in [3.8, 4) is 11.1 Å². The number of H-pyrrole nitrogens is 1. The zero-order valence-electron chi connectivity index (χ0n) is 16.0. The molecule has 1 heterocycles. The van der Waals surface area contributed by atoms with E-state index >= 15 is 0 Å². The zero-order chi connectivity index (χ0) is 18.6. The number of hydrogen-bond acceptors (Lipinski definition) is 2. The van der Waals surface area contributed by atoms with Crippen LogP contribution in [0.5, 0.6) is 0 Å². The second kappa shape index (κ2) is 8.45. The predicted octanol–water partition coefficient (Wildman–Crippen LogP) is 6.25. The van der Waals surface area contributed by atoms with Crippen molar-refractivity contribution in [2.45, 2.75) is 52.0 Å². The quantitative estimate of drug-likeness (QED) is 0.495. The van der Waals surface area contributed by atoms with E-state index in [0.717, 1.165) is 40.6 Å². The third-order valence-corrected chi connectivity index (χ3v) is 6.25. The number of nitrogens with one attached hydrogen (secondary N) is 2. The van der Waals surface area contributed by atoms with Gasteiger partial charge in [0.1, 0.15) is 0 Å². The molecule has 4 heteroatoms. The van der Waals surface area contributed by atoms with E-state index in [1.165, 1.54) is 55.2 Å². The van der Waals surface area contributed by atoms with E-state index in [1.54, 1.807) is 6.33 Å². The van der Waals surface area contributed by atoms with E-state index in [2.05, 4.69) is 52.5 Å². The molecule has 0 aliphatic heterocycles. The van der Waals surface area contributed by atoms with Crippen molar-refractivity contribution in [3.63, 3.8) is 0 Å². The molecule has 0 amide bonds. The standard InChI is InChI=1S/C23H28ClN3/c1-16-11-22-23(27-15-26-22)13-20(16)18-7-8-19(21(24)12-18)14-25-10-9-17-5-3-2-4-6-17/h7-8,11-13,15,17,25H,2-6,9-10,14H2,1H3,(H,26,27). The van der Waals surface area contributed by atoms with Crippen LogP contribution in [-0.4, -0.2) is 16.5 Å². The van der Waals surface area contributed by atoms with E-state index < -0.39 is 0 Å². The molecule has 0 unspecified atom stereocenters. The van der Waals surface area contributed by atoms with Crippen LogP contribution in [0, 0.1) is 12.8 Å². The molecule has 0 atom stereocenters. The maximum absolute atomic E-state index is 6.59. The van der Waals surface area contributed by atoms with Crippen LogP contribution in [-0.2, 0) is 6.54 Å². The van der Waals surface area contributed by atoms with Gasteiger partial charge in [0.05, 0.1) is 17.4 Å². The molecule has 4 rings (SSSR count). The Morgan fingerprint density at radius 1 is 1.15 bits per heavy atom. The summed E-state index contributed by atoms with van der Waals surface area (Å²) in [6, 6.07) is 10.7. The molecule has 1 aliphatic carbocycles. The number of fused-ring (bicyclic) bond motifs is 1. The Labute approximate surface area is 166 Å². The molecule has 0 radical (unpaired) electrons. The first-order valence-electron chi connectivity index (χ1n) is 10.1. The summed E-state index contributed by atoms with van der Waals surface area (Å²) in [5.41, 5.74) is 6.78. The summed E-state index contributed by atoms with van der Waals surface area (Å²) in [6.07, 6.45) is 10.1. The number of aromatic amines is 1. The lowest BCUT2D eigenvalue weighted by molar-refractivity contribution is 0.334. The molecule has 2 aromatic carbocycles. The van der Waals surface area contributed by atoms with Crippen molar-refractivity contribution in [3.05, 3.63) is 52.8 Å². The summed E-state index contributed by atoms with van der Waals surface area (Å²) in [5, 5.41) is 4.42. The van der Waals surface area contributed by atoms with E-state index in [-0.39, 0.29) is 0 Å². The largest absolute Gasteiger partial charge is 0.345 e. The van der Waals surface area contributed by atoms with Gasteiger partial charge in [-0.05, 0) is 66.3 Å². The predicted molar refractivity (Wildman–Crippen MR) is 114 cm³/mol. The normalized spacial score (nSPS) is 15.5. The molecule has 0 spiro atoms. The first-order chi connectivity index (χ1) is 13.2. The first kappa shape index (κ1) is 18.5. The van der Waals surface area contributed by atoms with E-state index in [9.17, 15) is 0 Å². The minimum atomic E-state index is 0.833. The summed E-state index contributed by atoms with van der Waals surface area (Å²) >= 11 is 6.59. The van der Waals surface area contributed by atoms with Gasteiger partial charge in [0.25, 0.3) is 0 Å². The first-order valence-corrected chi connectivity index (χ1v) is 10.5. The molecular formula is C23H28ClN3. The minimum absolute atomic E-state index is 0.833. The van der Waals surface area contributed by atoms with E-state index in [0.29, 0.717) is 0 Å². The van der Waals surface area contributed by atoms with E-state index in [1.807, 2.05) is 0 Å². The molecule has 1 saturated carbocycles. The molecule has 142 valence electrons. The number of imidazole rings is 1. The van der Waals surface area contributed by atoms with Crippen molar-refractivity contribution in [1.82, 2.24) is 15.3 Å². The summed E-state index contributed by atoms with van der Waals surface area (Å²) in [6.45, 7) is 4.05. The van der Waals surface area contributed by atoms with Crippen LogP contribution in [0.4, 0.5) is 0 Å². The molecular weight excluding hydrogens is 354 g/mol. The lowest BCUT2D eigenvalue weighted by Crippen LogP contribution is -2.19. The van der Waals surface area contributed by atoms with Crippen LogP contribution < -0.4 is 5.32 Å². The van der Waals surface area contributed by atoms with Crippen LogP contribution in [0.2, 0.25) is 5.02 Å². The van der Waals surface area contributed by atoms with Crippen LogP contribution in [0.3, 0.4) is 0 Å². The highest BCUT2D eigenvalue weighted by Crippen LogP contribution is 2.30. The summed E-state index contributed by atoms with van der Waals surface area (Å²) in [4.78, 5) is 7.54. The summed E-state index contributed by atoms with van der Waals surface area (Å²) < 4.78 is 0. The van der Waals surface area contributed by atoms with Crippen molar-refractivity contribution >= 4 is 22.6 Å². The van der Waals surface area contributed by atoms with Gasteiger partial charge in [-0.1, -0.05) is 55.8 Å². The molecule has 0 bridgehead atoms. The van der Waals surface area contributed by atoms with Gasteiger partial charge in [-0.2, -0.15) is 0 Å². The van der Waals surface area contributed by atoms with Crippen molar-refractivity contribution in [2.24, 2.45) is 5.92 Å². The number of aromatic nitrogens is 2. The molecule has 1 aliphatic rings. The number of hydrogen-bond donors (Lipinski definition) is 2. The van der Waals surface area contributed by atoms with Gasteiger partial charge < -0.3 is 10.3 Å². The molecule has 27 heavy (non-hydrogen) atoms. The van der Waals surface area contributed by atoms with Gasteiger partial charge >= 0.3 is 0 Å². The Kier molecular flexibility index (Phi) is 5.80. The lowest BCUT2D eigenvalue weighted by Gasteiger charge is -2.21. The maximum atomic E-state index is 6.59.